The number of benzene rings is 10. The first-order valence-corrected chi connectivity index (χ1v) is 24.8. The van der Waals surface area contributed by atoms with Gasteiger partial charge in [0, 0.05) is 43.4 Å². The molecule has 0 amide bonds. The van der Waals surface area contributed by atoms with Gasteiger partial charge in [0.05, 0.1) is 10.9 Å². The second-order valence-electron chi connectivity index (χ2n) is 18.7. The van der Waals surface area contributed by atoms with Crippen molar-refractivity contribution in [1.82, 2.24) is 39.9 Å². The fraction of sp³-hybridized carbons (Fsp3) is 0. The Morgan fingerprint density at radius 1 is 0.303 bits per heavy atom. The van der Waals surface area contributed by atoms with E-state index < -0.39 is 0 Å². The lowest BCUT2D eigenvalue weighted by atomic mass is 9.99. The molecule has 0 spiro atoms. The van der Waals surface area contributed by atoms with Gasteiger partial charge in [0.15, 0.2) is 23.1 Å². The maximum atomic E-state index is 7.29. The minimum absolute atomic E-state index is 0.384. The van der Waals surface area contributed by atoms with Crippen molar-refractivity contribution in [3.05, 3.63) is 206 Å². The number of para-hydroxylation sites is 2. The zero-order chi connectivity index (χ0) is 49.8. The van der Waals surface area contributed by atoms with Gasteiger partial charge in [0.25, 0.3) is 0 Å². The Kier molecular flexibility index (Phi) is 9.03. The molecule has 0 saturated heterocycles. The molecule has 356 valence electrons. The zero-order valence-electron chi connectivity index (χ0n) is 39.9. The van der Waals surface area contributed by atoms with Crippen LogP contribution < -0.4 is 9.47 Å². The molecule has 0 aliphatic carbocycles. The van der Waals surface area contributed by atoms with Crippen LogP contribution in [0.25, 0.3) is 144 Å². The van der Waals surface area contributed by atoms with Gasteiger partial charge in [-0.25, -0.2) is 29.9 Å². The zero-order valence-corrected chi connectivity index (χ0v) is 39.9. The van der Waals surface area contributed by atoms with Gasteiger partial charge in [-0.3, -0.25) is 0 Å². The molecule has 0 radical (unpaired) electrons. The fourth-order valence-electron chi connectivity index (χ4n) is 10.8. The molecule has 3 aliphatic heterocycles. The summed E-state index contributed by atoms with van der Waals surface area (Å²) in [6.45, 7) is 0. The van der Waals surface area contributed by atoms with E-state index in [1.165, 1.54) is 0 Å². The van der Waals surface area contributed by atoms with E-state index in [9.17, 15) is 0 Å². The van der Waals surface area contributed by atoms with E-state index in [1.807, 2.05) is 146 Å². The minimum Gasteiger partial charge on any atom is -0.457 e. The normalized spacial score (nSPS) is 11.9. The number of H-pyrrole nitrogens is 2. The molecule has 8 bridgehead atoms. The van der Waals surface area contributed by atoms with Crippen LogP contribution in [-0.2, 0) is 0 Å². The Bertz CT molecular complexity index is 5080. The summed E-state index contributed by atoms with van der Waals surface area (Å²) in [5.74, 6) is 3.88. The Balaban J connectivity index is 1.10. The molecule has 3 aliphatic rings. The third-order valence-corrected chi connectivity index (χ3v) is 14.2. The Labute approximate surface area is 429 Å². The molecule has 0 saturated carbocycles. The van der Waals surface area contributed by atoms with Crippen molar-refractivity contribution in [2.75, 3.05) is 0 Å². The number of rotatable bonds is 4. The number of aromatic nitrogens is 8. The van der Waals surface area contributed by atoms with E-state index in [-0.39, 0.29) is 0 Å². The number of nitrogens with zero attached hydrogens (tertiary/aromatic N) is 6. The molecular weight excluding hydrogens is 945 g/mol. The monoisotopic (exact) mass is 980 g/mol. The molecule has 12 heteroatoms. The third-order valence-electron chi connectivity index (χ3n) is 14.2. The molecule has 0 fully saturated rings. The Morgan fingerprint density at radius 3 is 1.57 bits per heavy atom. The highest BCUT2D eigenvalue weighted by Gasteiger charge is 2.24. The minimum atomic E-state index is 0.384. The van der Waals surface area contributed by atoms with Gasteiger partial charge < -0.3 is 28.3 Å². The molecule has 10 aromatic carbocycles. The number of hydrogen-bond donors (Lipinski definition) is 2. The van der Waals surface area contributed by atoms with Crippen molar-refractivity contribution in [2.45, 2.75) is 0 Å². The van der Waals surface area contributed by atoms with Gasteiger partial charge in [-0.05, 0) is 106 Å². The van der Waals surface area contributed by atoms with E-state index in [0.717, 1.165) is 65.0 Å². The second-order valence-corrected chi connectivity index (χ2v) is 18.7. The summed E-state index contributed by atoms with van der Waals surface area (Å²) in [4.78, 5) is 39.2. The number of fused-ring (bicyclic) bond motifs is 21. The molecule has 13 aromatic rings. The van der Waals surface area contributed by atoms with E-state index in [4.69, 9.17) is 48.2 Å². The summed E-state index contributed by atoms with van der Waals surface area (Å²) in [5, 5.41) is 9.59. The summed E-state index contributed by atoms with van der Waals surface area (Å²) < 4.78 is 27.4. The number of aromatic amines is 2. The number of hydrogen-bond acceptors (Lipinski definition) is 10. The smallest absolute Gasteiger partial charge is 0.168 e. The standard InChI is InChI=1S/C64H36N8O4/c1-3-15-37(16-4-1)73-39-27-29-43-47(33-39)61-67-57(43)65-59-45-21-11-23-49-55(45)63(70-59)72-64-56-46(60(71-64)66-58-44-30-28-40(34-48(44)62(68-58)69-61)74-38-17-5-2-6-18-38)22-12-24-50(56)76-52-32-26-36-14-8-10-20-42(36)54(52)53-41-19-9-7-13-35(41)25-31-51(53)75-49/h1-34H,(H2,65,66,67,68,69,70,71,72). The molecule has 12 nitrogen and oxygen atoms in total. The van der Waals surface area contributed by atoms with Gasteiger partial charge >= 0.3 is 0 Å². The molecule has 6 heterocycles. The summed E-state index contributed by atoms with van der Waals surface area (Å²) >= 11 is 0. The molecule has 0 atom stereocenters. The van der Waals surface area contributed by atoms with Gasteiger partial charge in [-0.2, -0.15) is 0 Å². The van der Waals surface area contributed by atoms with Gasteiger partial charge in [-0.1, -0.05) is 121 Å². The third kappa shape index (κ3) is 6.71. The van der Waals surface area contributed by atoms with Gasteiger partial charge in [0.2, 0.25) is 0 Å². The lowest BCUT2D eigenvalue weighted by Crippen LogP contribution is -1.87. The van der Waals surface area contributed by atoms with Crippen molar-refractivity contribution in [1.29, 1.82) is 0 Å². The van der Waals surface area contributed by atoms with E-state index in [2.05, 4.69) is 70.6 Å². The van der Waals surface area contributed by atoms with Crippen LogP contribution in [-0.4, -0.2) is 39.9 Å². The average Bonchev–Trinajstić information content (AvgIpc) is 4.25. The predicted octanol–water partition coefficient (Wildman–Crippen LogP) is 16.6. The van der Waals surface area contributed by atoms with Gasteiger partial charge in [-0.15, -0.1) is 0 Å². The van der Waals surface area contributed by atoms with Crippen LogP contribution in [0, 0.1) is 0 Å². The number of nitrogens with one attached hydrogen (secondary N) is 2. The molecule has 76 heavy (non-hydrogen) atoms. The molecule has 3 aromatic heterocycles. The average molecular weight is 981 g/mol. The second kappa shape index (κ2) is 16.4. The van der Waals surface area contributed by atoms with Crippen LogP contribution in [0.5, 0.6) is 23.0 Å². The highest BCUT2D eigenvalue weighted by molar-refractivity contribution is 6.25. The SMILES string of the molecule is c1ccc(Oc2ccc3c(c2)-c2nc-3nc3[nH]c4nc5nc(nc6[nH]c(n2)c2cc(Oc7ccccc7)ccc62)c2cccc(oc6ccc7ccccc7c6c6c(ccc7ccccc76)oc6cccc3c46)c2-5)cc1. The maximum Gasteiger partial charge on any atom is 0.168 e. The molecule has 0 unspecified atom stereocenters. The van der Waals surface area contributed by atoms with E-state index in [1.54, 1.807) is 0 Å². The first-order valence-electron chi connectivity index (χ1n) is 24.8. The van der Waals surface area contributed by atoms with Crippen LogP contribution in [0.15, 0.2) is 215 Å². The van der Waals surface area contributed by atoms with Crippen molar-refractivity contribution in [3.8, 4) is 57.2 Å². The summed E-state index contributed by atoms with van der Waals surface area (Å²) in [5.41, 5.74) is 6.98. The highest BCUT2D eigenvalue weighted by atomic mass is 16.5. The quantitative estimate of drug-likeness (QED) is 0.174. The van der Waals surface area contributed by atoms with Crippen molar-refractivity contribution < 1.29 is 18.3 Å². The lowest BCUT2D eigenvalue weighted by molar-refractivity contribution is 0.483. The van der Waals surface area contributed by atoms with Crippen LogP contribution >= 0.6 is 0 Å². The highest BCUT2D eigenvalue weighted by Crippen LogP contribution is 2.42. The lowest BCUT2D eigenvalue weighted by Gasteiger charge is -2.08. The summed E-state index contributed by atoms with van der Waals surface area (Å²) in [7, 11) is 0. The van der Waals surface area contributed by atoms with Crippen LogP contribution in [0.2, 0.25) is 0 Å². The summed E-state index contributed by atoms with van der Waals surface area (Å²) in [6.07, 6.45) is 0. The molecule has 16 rings (SSSR count). The predicted molar refractivity (Wildman–Crippen MR) is 300 cm³/mol. The Morgan fingerprint density at radius 2 is 0.842 bits per heavy atom. The van der Waals surface area contributed by atoms with E-state index >= 15 is 0 Å². The first-order chi connectivity index (χ1) is 37.6. The van der Waals surface area contributed by atoms with Crippen LogP contribution in [0.4, 0.5) is 0 Å². The molecular formula is C64H36N8O4. The van der Waals surface area contributed by atoms with Crippen LogP contribution in [0.1, 0.15) is 0 Å². The van der Waals surface area contributed by atoms with Crippen molar-refractivity contribution in [2.24, 2.45) is 0 Å². The van der Waals surface area contributed by atoms with Crippen molar-refractivity contribution >= 4 is 110 Å². The Hall–Kier alpha value is -10.7. The maximum absolute atomic E-state index is 7.29. The largest absolute Gasteiger partial charge is 0.457 e. The van der Waals surface area contributed by atoms with Gasteiger partial charge in [0.1, 0.15) is 67.9 Å². The first kappa shape index (κ1) is 41.9. The topological polar surface area (TPSA) is 154 Å². The number of ether oxygens (including phenoxy) is 2. The fourth-order valence-corrected chi connectivity index (χ4v) is 10.8. The van der Waals surface area contributed by atoms with Crippen molar-refractivity contribution in [3.63, 3.8) is 0 Å². The summed E-state index contributed by atoms with van der Waals surface area (Å²) in [6, 6.07) is 68.0. The van der Waals surface area contributed by atoms with Crippen LogP contribution in [0.3, 0.4) is 0 Å². The van der Waals surface area contributed by atoms with E-state index in [0.29, 0.717) is 102 Å². The molecule has 2 N–H and O–H groups in total.